The molecular formula is C27H32FN3O2. The number of hydrogen-bond donors (Lipinski definition) is 3. The van der Waals surface area contributed by atoms with Crippen molar-refractivity contribution in [2.75, 3.05) is 11.9 Å². The number of unbranched alkanes of at least 4 members (excludes halogenated alkanes) is 1. The molecule has 0 heterocycles. The van der Waals surface area contributed by atoms with E-state index in [0.29, 0.717) is 17.7 Å². The number of hydroxylamine groups is 1. The number of halogens is 1. The SMILES string of the molecule is Cc1cc(N[C@H](CCCCN(Cc2ccccc2)Cc2ccccc2)C(=O)NO)ccc1F. The maximum atomic E-state index is 13.5. The summed E-state index contributed by atoms with van der Waals surface area (Å²) < 4.78 is 13.5. The van der Waals surface area contributed by atoms with Crippen molar-refractivity contribution < 1.29 is 14.4 Å². The maximum absolute atomic E-state index is 13.5. The molecule has 0 aromatic heterocycles. The maximum Gasteiger partial charge on any atom is 0.265 e. The number of benzene rings is 3. The van der Waals surface area contributed by atoms with Crippen molar-refractivity contribution in [3.63, 3.8) is 0 Å². The van der Waals surface area contributed by atoms with E-state index in [2.05, 4.69) is 58.7 Å². The molecule has 6 heteroatoms. The first-order valence-corrected chi connectivity index (χ1v) is 11.3. The number of carbonyl (C=O) groups is 1. The van der Waals surface area contributed by atoms with Gasteiger partial charge in [0.25, 0.3) is 5.91 Å². The van der Waals surface area contributed by atoms with Gasteiger partial charge in [-0.1, -0.05) is 60.7 Å². The summed E-state index contributed by atoms with van der Waals surface area (Å²) in [6.45, 7) is 4.26. The number of nitrogens with one attached hydrogen (secondary N) is 2. The largest absolute Gasteiger partial charge is 0.374 e. The second-order valence-electron chi connectivity index (χ2n) is 8.31. The van der Waals surface area contributed by atoms with Crippen LogP contribution in [0.4, 0.5) is 10.1 Å². The Balaban J connectivity index is 1.57. The van der Waals surface area contributed by atoms with Gasteiger partial charge in [0.05, 0.1) is 0 Å². The topological polar surface area (TPSA) is 64.6 Å². The molecule has 3 rings (SSSR count). The molecule has 0 saturated heterocycles. The summed E-state index contributed by atoms with van der Waals surface area (Å²) in [6, 6.07) is 24.8. The van der Waals surface area contributed by atoms with E-state index >= 15 is 0 Å². The number of amides is 1. The van der Waals surface area contributed by atoms with Gasteiger partial charge in [-0.3, -0.25) is 14.9 Å². The zero-order valence-electron chi connectivity index (χ0n) is 19.0. The van der Waals surface area contributed by atoms with Crippen molar-refractivity contribution >= 4 is 11.6 Å². The highest BCUT2D eigenvalue weighted by Gasteiger charge is 2.18. The highest BCUT2D eigenvalue weighted by Crippen LogP contribution is 2.17. The average molecular weight is 450 g/mol. The first kappa shape index (κ1) is 24.4. The van der Waals surface area contributed by atoms with E-state index in [0.717, 1.165) is 32.5 Å². The highest BCUT2D eigenvalue weighted by molar-refractivity contribution is 5.83. The molecule has 0 aliphatic carbocycles. The molecule has 3 aromatic carbocycles. The Morgan fingerprint density at radius 3 is 2.09 bits per heavy atom. The minimum Gasteiger partial charge on any atom is -0.374 e. The molecule has 0 aliphatic heterocycles. The lowest BCUT2D eigenvalue weighted by Crippen LogP contribution is -2.38. The molecule has 174 valence electrons. The third-order valence-electron chi connectivity index (χ3n) is 5.64. The first-order chi connectivity index (χ1) is 16.0. The van der Waals surface area contributed by atoms with Crippen molar-refractivity contribution in [2.45, 2.75) is 45.3 Å². The van der Waals surface area contributed by atoms with Gasteiger partial charge in [0.2, 0.25) is 0 Å². The molecule has 0 bridgehead atoms. The monoisotopic (exact) mass is 449 g/mol. The van der Waals surface area contributed by atoms with Crippen LogP contribution in [0.1, 0.15) is 36.0 Å². The third-order valence-corrected chi connectivity index (χ3v) is 5.64. The molecule has 0 spiro atoms. The van der Waals surface area contributed by atoms with Gasteiger partial charge in [-0.25, -0.2) is 9.87 Å². The van der Waals surface area contributed by atoms with Gasteiger partial charge in [-0.05, 0) is 67.6 Å². The Labute approximate surface area is 195 Å². The van der Waals surface area contributed by atoms with Gasteiger partial charge < -0.3 is 5.32 Å². The Kier molecular flexibility index (Phi) is 9.42. The fourth-order valence-electron chi connectivity index (χ4n) is 3.86. The van der Waals surface area contributed by atoms with Crippen molar-refractivity contribution in [1.82, 2.24) is 10.4 Å². The molecule has 1 atom stereocenters. The van der Waals surface area contributed by atoms with Crippen LogP contribution in [0.2, 0.25) is 0 Å². The standard InChI is InChI=1S/C27H32FN3O2/c1-21-18-24(15-16-25(21)28)29-26(27(32)30-33)14-8-9-17-31(19-22-10-4-2-5-11-22)20-23-12-6-3-7-13-23/h2-7,10-13,15-16,18,26,29,33H,8-9,14,17,19-20H2,1H3,(H,30,32)/t26-/m1/s1. The molecule has 3 aromatic rings. The van der Waals surface area contributed by atoms with Crippen LogP contribution in [0.5, 0.6) is 0 Å². The van der Waals surface area contributed by atoms with Crippen LogP contribution in [0.3, 0.4) is 0 Å². The predicted octanol–water partition coefficient (Wildman–Crippen LogP) is 5.29. The average Bonchev–Trinajstić information content (AvgIpc) is 2.84. The van der Waals surface area contributed by atoms with Gasteiger partial charge in [-0.2, -0.15) is 0 Å². The van der Waals surface area contributed by atoms with Gasteiger partial charge in [-0.15, -0.1) is 0 Å². The van der Waals surface area contributed by atoms with Crippen LogP contribution in [-0.4, -0.2) is 28.6 Å². The molecule has 0 fully saturated rings. The van der Waals surface area contributed by atoms with Crippen molar-refractivity contribution in [3.05, 3.63) is 101 Å². The lowest BCUT2D eigenvalue weighted by atomic mass is 10.1. The normalized spacial score (nSPS) is 11.9. The van der Waals surface area contributed by atoms with Gasteiger partial charge >= 0.3 is 0 Å². The van der Waals surface area contributed by atoms with Crippen molar-refractivity contribution in [2.24, 2.45) is 0 Å². The van der Waals surface area contributed by atoms with Crippen molar-refractivity contribution in [3.8, 4) is 0 Å². The second-order valence-corrected chi connectivity index (χ2v) is 8.31. The second kappa shape index (κ2) is 12.7. The van der Waals surface area contributed by atoms with Gasteiger partial charge in [0.15, 0.2) is 0 Å². The van der Waals surface area contributed by atoms with Gasteiger partial charge in [0, 0.05) is 18.8 Å². The van der Waals surface area contributed by atoms with E-state index in [-0.39, 0.29) is 5.82 Å². The summed E-state index contributed by atoms with van der Waals surface area (Å²) in [5, 5.41) is 12.3. The van der Waals surface area contributed by atoms with E-state index in [9.17, 15) is 9.18 Å². The fraction of sp³-hybridized carbons (Fsp3) is 0.296. The summed E-state index contributed by atoms with van der Waals surface area (Å²) >= 11 is 0. The number of aryl methyl sites for hydroxylation is 1. The van der Waals surface area contributed by atoms with E-state index in [1.807, 2.05) is 12.1 Å². The van der Waals surface area contributed by atoms with Crippen LogP contribution >= 0.6 is 0 Å². The van der Waals surface area contributed by atoms with E-state index in [4.69, 9.17) is 5.21 Å². The van der Waals surface area contributed by atoms with E-state index in [1.165, 1.54) is 17.2 Å². The molecule has 33 heavy (non-hydrogen) atoms. The predicted molar refractivity (Wildman–Crippen MR) is 129 cm³/mol. The molecule has 1 amide bonds. The Morgan fingerprint density at radius 1 is 0.939 bits per heavy atom. The van der Waals surface area contributed by atoms with Crippen LogP contribution < -0.4 is 10.8 Å². The number of anilines is 1. The molecule has 3 N–H and O–H groups in total. The third kappa shape index (κ3) is 8.00. The van der Waals surface area contributed by atoms with Crippen molar-refractivity contribution in [1.29, 1.82) is 0 Å². The minimum atomic E-state index is -0.600. The summed E-state index contributed by atoms with van der Waals surface area (Å²) in [7, 11) is 0. The van der Waals surface area contributed by atoms with E-state index in [1.54, 1.807) is 24.5 Å². The summed E-state index contributed by atoms with van der Waals surface area (Å²) in [4.78, 5) is 14.6. The molecule has 0 aliphatic rings. The lowest BCUT2D eigenvalue weighted by molar-refractivity contribution is -0.130. The molecular weight excluding hydrogens is 417 g/mol. The van der Waals surface area contributed by atoms with Crippen LogP contribution in [0.15, 0.2) is 78.9 Å². The Morgan fingerprint density at radius 2 is 1.55 bits per heavy atom. The molecule has 0 saturated carbocycles. The quantitative estimate of drug-likeness (QED) is 0.200. The lowest BCUT2D eigenvalue weighted by Gasteiger charge is -2.23. The minimum absolute atomic E-state index is 0.291. The van der Waals surface area contributed by atoms with Crippen LogP contribution in [0, 0.1) is 12.7 Å². The summed E-state index contributed by atoms with van der Waals surface area (Å²) in [5.74, 6) is -0.789. The number of nitrogens with zero attached hydrogens (tertiary/aromatic N) is 1. The summed E-state index contributed by atoms with van der Waals surface area (Å²) in [6.07, 6.45) is 2.25. The summed E-state index contributed by atoms with van der Waals surface area (Å²) in [5.41, 5.74) is 5.42. The van der Waals surface area contributed by atoms with E-state index < -0.39 is 11.9 Å². The zero-order chi connectivity index (χ0) is 23.5. The fourth-order valence-corrected chi connectivity index (χ4v) is 3.86. The Hall–Kier alpha value is -3.22. The number of hydrogen-bond acceptors (Lipinski definition) is 4. The van der Waals surface area contributed by atoms with Crippen LogP contribution in [-0.2, 0) is 17.9 Å². The van der Waals surface area contributed by atoms with Crippen LogP contribution in [0.25, 0.3) is 0 Å². The first-order valence-electron chi connectivity index (χ1n) is 11.3. The molecule has 0 radical (unpaired) electrons. The number of rotatable bonds is 12. The molecule has 0 unspecified atom stereocenters. The highest BCUT2D eigenvalue weighted by atomic mass is 19.1. The van der Waals surface area contributed by atoms with Gasteiger partial charge in [0.1, 0.15) is 11.9 Å². The smallest absolute Gasteiger partial charge is 0.265 e. The zero-order valence-corrected chi connectivity index (χ0v) is 19.0. The Bertz CT molecular complexity index is 957. The number of carbonyl (C=O) groups excluding carboxylic acids is 1. The molecule has 5 nitrogen and oxygen atoms in total.